The first kappa shape index (κ1) is 11.3. The van der Waals surface area contributed by atoms with Gasteiger partial charge in [0.25, 0.3) is 0 Å². The van der Waals surface area contributed by atoms with E-state index in [0.717, 1.165) is 16.6 Å². The predicted octanol–water partition coefficient (Wildman–Crippen LogP) is 2.62. The van der Waals surface area contributed by atoms with Gasteiger partial charge in [0.05, 0.1) is 5.69 Å². The van der Waals surface area contributed by atoms with E-state index in [1.54, 1.807) is 6.07 Å². The molecule has 3 nitrogen and oxygen atoms in total. The van der Waals surface area contributed by atoms with E-state index in [4.69, 9.17) is 5.26 Å². The molecule has 0 saturated carbocycles. The Hall–Kier alpha value is -2.15. The van der Waals surface area contributed by atoms with Crippen LogP contribution in [0.25, 0.3) is 10.9 Å². The van der Waals surface area contributed by atoms with E-state index < -0.39 is 5.82 Å². The Bertz CT molecular complexity index is 627. The molecule has 0 radical (unpaired) electrons. The van der Waals surface area contributed by atoms with Gasteiger partial charge in [-0.2, -0.15) is 5.26 Å². The number of hydrogen-bond donors (Lipinski definition) is 0. The molecule has 17 heavy (non-hydrogen) atoms. The SMILES string of the molecule is Cc1c(C#N)nc2c(F)cccc2c1N(C)C. The summed E-state index contributed by atoms with van der Waals surface area (Å²) in [6.45, 7) is 1.82. The maximum atomic E-state index is 13.7. The third-order valence-corrected chi connectivity index (χ3v) is 2.73. The molecule has 0 aliphatic rings. The molecule has 0 bridgehead atoms. The lowest BCUT2D eigenvalue weighted by atomic mass is 10.1. The highest BCUT2D eigenvalue weighted by Gasteiger charge is 2.15. The summed E-state index contributed by atoms with van der Waals surface area (Å²) in [5.74, 6) is -0.401. The zero-order chi connectivity index (χ0) is 12.6. The first-order valence-electron chi connectivity index (χ1n) is 5.22. The quantitative estimate of drug-likeness (QED) is 0.754. The molecule has 0 fully saturated rings. The van der Waals surface area contributed by atoms with Crippen molar-refractivity contribution in [1.29, 1.82) is 5.26 Å². The smallest absolute Gasteiger partial charge is 0.149 e. The van der Waals surface area contributed by atoms with Crippen LogP contribution in [0.5, 0.6) is 0 Å². The molecule has 2 rings (SSSR count). The van der Waals surface area contributed by atoms with Crippen molar-refractivity contribution in [3.63, 3.8) is 0 Å². The topological polar surface area (TPSA) is 39.9 Å². The lowest BCUT2D eigenvalue weighted by molar-refractivity contribution is 0.636. The highest BCUT2D eigenvalue weighted by Crippen LogP contribution is 2.30. The highest BCUT2D eigenvalue weighted by atomic mass is 19.1. The van der Waals surface area contributed by atoms with E-state index in [1.807, 2.05) is 38.1 Å². The zero-order valence-electron chi connectivity index (χ0n) is 9.95. The Morgan fingerprint density at radius 1 is 1.35 bits per heavy atom. The molecule has 2 aromatic rings. The summed E-state index contributed by atoms with van der Waals surface area (Å²) in [7, 11) is 3.74. The fourth-order valence-electron chi connectivity index (χ4n) is 2.02. The van der Waals surface area contributed by atoms with Crippen LogP contribution in [0, 0.1) is 24.1 Å². The van der Waals surface area contributed by atoms with Crippen molar-refractivity contribution in [2.45, 2.75) is 6.92 Å². The summed E-state index contributed by atoms with van der Waals surface area (Å²) in [6.07, 6.45) is 0. The van der Waals surface area contributed by atoms with Crippen molar-refractivity contribution in [3.05, 3.63) is 35.3 Å². The van der Waals surface area contributed by atoms with Gasteiger partial charge in [0.2, 0.25) is 0 Å². The second-order valence-electron chi connectivity index (χ2n) is 4.08. The van der Waals surface area contributed by atoms with Crippen LogP contribution < -0.4 is 4.90 Å². The van der Waals surface area contributed by atoms with Crippen molar-refractivity contribution in [1.82, 2.24) is 4.98 Å². The van der Waals surface area contributed by atoms with Gasteiger partial charge in [-0.25, -0.2) is 9.37 Å². The number of para-hydroxylation sites is 1. The van der Waals surface area contributed by atoms with Gasteiger partial charge in [-0.05, 0) is 13.0 Å². The molecule has 0 aliphatic carbocycles. The number of nitriles is 1. The molecule has 0 amide bonds. The lowest BCUT2D eigenvalue weighted by Gasteiger charge is -2.19. The molecule has 0 N–H and O–H groups in total. The molecule has 0 unspecified atom stereocenters. The van der Waals surface area contributed by atoms with Crippen molar-refractivity contribution in [2.24, 2.45) is 0 Å². The van der Waals surface area contributed by atoms with E-state index >= 15 is 0 Å². The molecule has 1 aromatic heterocycles. The molecular formula is C13H12FN3. The lowest BCUT2D eigenvalue weighted by Crippen LogP contribution is -2.12. The van der Waals surface area contributed by atoms with Crippen molar-refractivity contribution in [2.75, 3.05) is 19.0 Å². The van der Waals surface area contributed by atoms with Gasteiger partial charge in [-0.1, -0.05) is 12.1 Å². The summed E-state index contributed by atoms with van der Waals surface area (Å²) >= 11 is 0. The molecule has 0 aliphatic heterocycles. The summed E-state index contributed by atoms with van der Waals surface area (Å²) < 4.78 is 13.7. The minimum atomic E-state index is -0.401. The Balaban J connectivity index is 2.98. The first-order chi connectivity index (χ1) is 8.06. The number of halogens is 1. The monoisotopic (exact) mass is 229 g/mol. The van der Waals surface area contributed by atoms with Crippen molar-refractivity contribution in [3.8, 4) is 6.07 Å². The number of aromatic nitrogens is 1. The average molecular weight is 229 g/mol. The standard InChI is InChI=1S/C13H12FN3/c1-8-11(7-15)16-12-9(13(8)17(2)3)5-4-6-10(12)14/h4-6H,1-3H3. The third kappa shape index (κ3) is 1.70. The zero-order valence-corrected chi connectivity index (χ0v) is 9.95. The Morgan fingerprint density at radius 3 is 2.65 bits per heavy atom. The summed E-state index contributed by atoms with van der Waals surface area (Å²) in [4.78, 5) is 5.95. The minimum Gasteiger partial charge on any atom is -0.377 e. The molecule has 1 heterocycles. The predicted molar refractivity (Wildman–Crippen MR) is 65.5 cm³/mol. The Kier molecular flexibility index (Phi) is 2.68. The van der Waals surface area contributed by atoms with Crippen LogP contribution in [-0.2, 0) is 0 Å². The minimum absolute atomic E-state index is 0.248. The normalized spacial score (nSPS) is 10.3. The Labute approximate surface area is 99.1 Å². The number of pyridine rings is 1. The number of anilines is 1. The number of rotatable bonds is 1. The average Bonchev–Trinajstić information content (AvgIpc) is 2.28. The largest absolute Gasteiger partial charge is 0.377 e. The fraction of sp³-hybridized carbons (Fsp3) is 0.231. The van der Waals surface area contributed by atoms with Crippen molar-refractivity contribution >= 4 is 16.6 Å². The van der Waals surface area contributed by atoms with E-state index in [1.165, 1.54) is 6.07 Å². The molecule has 86 valence electrons. The van der Waals surface area contributed by atoms with Gasteiger partial charge in [0, 0.05) is 25.0 Å². The van der Waals surface area contributed by atoms with Gasteiger partial charge < -0.3 is 4.90 Å². The Morgan fingerprint density at radius 2 is 2.06 bits per heavy atom. The maximum absolute atomic E-state index is 13.7. The van der Waals surface area contributed by atoms with Crippen LogP contribution in [0.3, 0.4) is 0 Å². The highest BCUT2D eigenvalue weighted by molar-refractivity contribution is 5.94. The molecule has 4 heteroatoms. The number of hydrogen-bond acceptors (Lipinski definition) is 3. The van der Waals surface area contributed by atoms with Crippen LogP contribution in [0.1, 0.15) is 11.3 Å². The molecular weight excluding hydrogens is 217 g/mol. The third-order valence-electron chi connectivity index (χ3n) is 2.73. The van der Waals surface area contributed by atoms with Gasteiger partial charge in [0.1, 0.15) is 23.1 Å². The summed E-state index contributed by atoms with van der Waals surface area (Å²) in [6, 6.07) is 6.82. The number of nitrogens with zero attached hydrogens (tertiary/aromatic N) is 3. The van der Waals surface area contributed by atoms with Gasteiger partial charge in [-0.3, -0.25) is 0 Å². The van der Waals surface area contributed by atoms with Crippen LogP contribution in [0.4, 0.5) is 10.1 Å². The number of fused-ring (bicyclic) bond motifs is 1. The summed E-state index contributed by atoms with van der Waals surface area (Å²) in [5, 5.41) is 9.75. The second-order valence-corrected chi connectivity index (χ2v) is 4.08. The molecule has 1 aromatic carbocycles. The van der Waals surface area contributed by atoms with Gasteiger partial charge in [0.15, 0.2) is 0 Å². The fourth-order valence-corrected chi connectivity index (χ4v) is 2.02. The van der Waals surface area contributed by atoms with Gasteiger partial charge in [-0.15, -0.1) is 0 Å². The number of benzene rings is 1. The second kappa shape index (κ2) is 4.02. The molecule has 0 saturated heterocycles. The van der Waals surface area contributed by atoms with Crippen LogP contribution in [0.15, 0.2) is 18.2 Å². The van der Waals surface area contributed by atoms with Crippen molar-refractivity contribution < 1.29 is 4.39 Å². The molecule has 0 spiro atoms. The van der Waals surface area contributed by atoms with Gasteiger partial charge >= 0.3 is 0 Å². The van der Waals surface area contributed by atoms with E-state index in [2.05, 4.69) is 4.98 Å². The first-order valence-corrected chi connectivity index (χ1v) is 5.22. The van der Waals surface area contributed by atoms with Crippen LogP contribution >= 0.6 is 0 Å². The van der Waals surface area contributed by atoms with E-state index in [-0.39, 0.29) is 11.2 Å². The van der Waals surface area contributed by atoms with E-state index in [9.17, 15) is 4.39 Å². The van der Waals surface area contributed by atoms with Crippen LogP contribution in [0.2, 0.25) is 0 Å². The van der Waals surface area contributed by atoms with Crippen LogP contribution in [-0.4, -0.2) is 19.1 Å². The summed E-state index contributed by atoms with van der Waals surface area (Å²) in [5.41, 5.74) is 2.13. The maximum Gasteiger partial charge on any atom is 0.149 e. The van der Waals surface area contributed by atoms with E-state index in [0.29, 0.717) is 0 Å². The molecule has 0 atom stereocenters.